The molecule has 8 aliphatic rings. The number of aliphatic hydroxyl groups excluding tert-OH is 2. The summed E-state index contributed by atoms with van der Waals surface area (Å²) in [5, 5.41) is 36.3. The van der Waals surface area contributed by atoms with E-state index in [4.69, 9.17) is 23.7 Å². The summed E-state index contributed by atoms with van der Waals surface area (Å²) < 4.78 is 31.2. The third-order valence-electron chi connectivity index (χ3n) is 11.8. The Morgan fingerprint density at radius 3 is 2.50 bits per heavy atom. The molecular weight excluding hydrogens is 496 g/mol. The highest BCUT2D eigenvalue weighted by Gasteiger charge is 2.91. The Kier molecular flexibility index (Phi) is 4.36. The number of fused-ring (bicyclic) bond motifs is 1. The van der Waals surface area contributed by atoms with Crippen LogP contribution in [0.3, 0.4) is 0 Å². The van der Waals surface area contributed by atoms with Gasteiger partial charge in [0.25, 0.3) is 0 Å². The molecule has 14 atom stereocenters. The average Bonchev–Trinajstić information content (AvgIpc) is 2.99. The van der Waals surface area contributed by atoms with Crippen LogP contribution in [0.25, 0.3) is 0 Å². The fourth-order valence-electron chi connectivity index (χ4n) is 10.6. The molecule has 208 valence electrons. The maximum absolute atomic E-state index is 12.5. The number of epoxide rings is 1. The quantitative estimate of drug-likeness (QED) is 0.323. The molecule has 0 aromatic heterocycles. The number of rotatable bonds is 1. The lowest BCUT2D eigenvalue weighted by molar-refractivity contribution is -0.269. The van der Waals surface area contributed by atoms with E-state index in [0.29, 0.717) is 12.0 Å². The van der Waals surface area contributed by atoms with E-state index in [1.807, 2.05) is 13.8 Å². The van der Waals surface area contributed by atoms with Crippen LogP contribution >= 0.6 is 0 Å². The molecule has 0 bridgehead atoms. The van der Waals surface area contributed by atoms with Crippen LogP contribution in [0.5, 0.6) is 0 Å². The molecule has 7 fully saturated rings. The van der Waals surface area contributed by atoms with Gasteiger partial charge < -0.3 is 39.0 Å². The lowest BCUT2D eigenvalue weighted by Crippen LogP contribution is -2.72. The van der Waals surface area contributed by atoms with Crippen molar-refractivity contribution in [3.05, 3.63) is 11.6 Å². The first-order valence-corrected chi connectivity index (χ1v) is 14.0. The molecule has 0 aromatic carbocycles. The summed E-state index contributed by atoms with van der Waals surface area (Å²) in [5.41, 5.74) is -5.04. The van der Waals surface area contributed by atoms with Gasteiger partial charge in [0.15, 0.2) is 0 Å². The molecule has 3 spiro atoms. The van der Waals surface area contributed by atoms with E-state index >= 15 is 0 Å². The summed E-state index contributed by atoms with van der Waals surface area (Å²) in [5.74, 6) is -1.97. The Morgan fingerprint density at radius 1 is 1.03 bits per heavy atom. The van der Waals surface area contributed by atoms with E-state index in [0.717, 1.165) is 0 Å². The number of carbonyl (C=O) groups excluding carboxylic acids is 2. The van der Waals surface area contributed by atoms with Crippen molar-refractivity contribution >= 4 is 11.9 Å². The van der Waals surface area contributed by atoms with Crippen molar-refractivity contribution in [2.45, 2.75) is 124 Å². The predicted molar refractivity (Wildman–Crippen MR) is 126 cm³/mol. The Morgan fingerprint density at radius 2 is 1.79 bits per heavy atom. The van der Waals surface area contributed by atoms with E-state index < -0.39 is 64.4 Å². The van der Waals surface area contributed by atoms with E-state index in [2.05, 4.69) is 6.92 Å². The molecule has 3 N–H and O–H groups in total. The monoisotopic (exact) mass is 532 g/mol. The second-order valence-corrected chi connectivity index (χ2v) is 13.9. The molecule has 0 radical (unpaired) electrons. The average molecular weight is 533 g/mol. The highest BCUT2D eigenvalue weighted by Crippen LogP contribution is 2.76. The predicted octanol–water partition coefficient (Wildman–Crippen LogP) is 0.535. The molecule has 5 heterocycles. The minimum atomic E-state index is -1.57. The lowest BCUT2D eigenvalue weighted by atomic mass is 9.56. The maximum atomic E-state index is 12.5. The summed E-state index contributed by atoms with van der Waals surface area (Å²) >= 11 is 0. The van der Waals surface area contributed by atoms with Crippen LogP contribution in [0.2, 0.25) is 0 Å². The number of carbonyl (C=O) groups is 2. The van der Waals surface area contributed by atoms with Crippen LogP contribution in [-0.4, -0.2) is 91.9 Å². The van der Waals surface area contributed by atoms with Crippen LogP contribution in [0.15, 0.2) is 11.6 Å². The van der Waals surface area contributed by atoms with Gasteiger partial charge in [-0.2, -0.15) is 0 Å². The number of hydrogen-bond donors (Lipinski definition) is 3. The van der Waals surface area contributed by atoms with Crippen LogP contribution < -0.4 is 0 Å². The van der Waals surface area contributed by atoms with Gasteiger partial charge in [0.1, 0.15) is 35.1 Å². The summed E-state index contributed by atoms with van der Waals surface area (Å²) in [6, 6.07) is 0. The largest absolute Gasteiger partial charge is 0.456 e. The Labute approximate surface area is 220 Å². The summed E-state index contributed by atoms with van der Waals surface area (Å²) in [6.07, 6.45) is -1.16. The van der Waals surface area contributed by atoms with Crippen molar-refractivity contribution in [2.75, 3.05) is 0 Å². The Hall–Kier alpha value is -1.56. The van der Waals surface area contributed by atoms with Crippen LogP contribution in [-0.2, 0) is 33.3 Å². The van der Waals surface area contributed by atoms with Crippen molar-refractivity contribution in [2.24, 2.45) is 23.7 Å². The molecule has 4 saturated heterocycles. The van der Waals surface area contributed by atoms with Crippen molar-refractivity contribution in [1.29, 1.82) is 0 Å². The topological polar surface area (TPSA) is 144 Å². The summed E-state index contributed by atoms with van der Waals surface area (Å²) in [7, 11) is 0. The number of ether oxygens (including phenoxy) is 5. The van der Waals surface area contributed by atoms with Gasteiger partial charge in [-0.05, 0) is 45.6 Å². The van der Waals surface area contributed by atoms with Gasteiger partial charge in [-0.25, -0.2) is 4.79 Å². The van der Waals surface area contributed by atoms with Gasteiger partial charge in [-0.3, -0.25) is 4.79 Å². The van der Waals surface area contributed by atoms with Gasteiger partial charge in [0.2, 0.25) is 0 Å². The molecule has 3 saturated carbocycles. The number of hydrogen-bond acceptors (Lipinski definition) is 10. The molecule has 0 amide bonds. The first-order chi connectivity index (χ1) is 17.8. The van der Waals surface area contributed by atoms with E-state index in [-0.39, 0.29) is 61.5 Å². The van der Waals surface area contributed by atoms with E-state index in [9.17, 15) is 24.9 Å². The number of cyclic esters (lactones) is 1. The van der Waals surface area contributed by atoms with Crippen LogP contribution in [0.1, 0.15) is 59.8 Å². The molecule has 10 nitrogen and oxygen atoms in total. The second kappa shape index (κ2) is 6.83. The van der Waals surface area contributed by atoms with Gasteiger partial charge >= 0.3 is 11.9 Å². The van der Waals surface area contributed by atoms with Crippen molar-refractivity contribution in [3.8, 4) is 0 Å². The zero-order valence-corrected chi connectivity index (χ0v) is 22.1. The van der Waals surface area contributed by atoms with Crippen molar-refractivity contribution < 1.29 is 48.6 Å². The lowest BCUT2D eigenvalue weighted by Gasteiger charge is -2.56. The van der Waals surface area contributed by atoms with Crippen LogP contribution in [0, 0.1) is 23.7 Å². The minimum Gasteiger partial charge on any atom is -0.456 e. The van der Waals surface area contributed by atoms with Gasteiger partial charge in [0.05, 0.1) is 35.9 Å². The Balaban J connectivity index is 1.22. The zero-order valence-electron chi connectivity index (χ0n) is 22.1. The second-order valence-electron chi connectivity index (χ2n) is 13.9. The Bertz CT molecular complexity index is 1180. The molecule has 38 heavy (non-hydrogen) atoms. The molecule has 3 aliphatic carbocycles. The van der Waals surface area contributed by atoms with Gasteiger partial charge in [-0.15, -0.1) is 0 Å². The van der Waals surface area contributed by atoms with Gasteiger partial charge in [-0.1, -0.05) is 6.92 Å². The van der Waals surface area contributed by atoms with Crippen molar-refractivity contribution in [3.63, 3.8) is 0 Å². The highest BCUT2D eigenvalue weighted by molar-refractivity contribution is 5.90. The first-order valence-electron chi connectivity index (χ1n) is 14.0. The molecule has 5 aliphatic heterocycles. The molecule has 0 aromatic rings. The molecule has 0 unspecified atom stereocenters. The third-order valence-corrected chi connectivity index (χ3v) is 11.8. The summed E-state index contributed by atoms with van der Waals surface area (Å²) in [6.45, 7) is 7.66. The standard InChI is InChI=1S/C28H36O10/c1-11-5-15(34-23(11)32)21-12(2)13-6-19-28(36-19)22-14(29)7-16-24(3,4)35-18-8-20(31)37-26(16,18)10-25(22,33)9-17(30)27(13,28)38-21/h5,12-19,21-22,29-30,33H,6-10H2,1-4H3/t12-,13+,14+,15-,16-,17-,18+,19-,21-,22+,25-,26+,27+,28+/m0/s1. The smallest absolute Gasteiger partial charge is 0.334 e. The number of aliphatic hydroxyl groups is 3. The first kappa shape index (κ1) is 24.3. The third kappa shape index (κ3) is 2.49. The minimum absolute atomic E-state index is 0.0440. The highest BCUT2D eigenvalue weighted by atomic mass is 16.7. The van der Waals surface area contributed by atoms with Gasteiger partial charge in [0, 0.05) is 36.2 Å². The SMILES string of the molecule is CC1=C[C@@H]([C@H]2O[C@@]34[C@H](C[C@@H]5O[C@@]53[C@@H]3[C@H](O)C[C@H]5C(C)(C)O[C@@H]6CC(=O)O[C@@]65C[C@@]3(O)C[C@@H]4O)[C@@H]2C)OC1=O. The van der Waals surface area contributed by atoms with E-state index in [1.165, 1.54) is 0 Å². The van der Waals surface area contributed by atoms with Crippen LogP contribution in [0.4, 0.5) is 0 Å². The maximum Gasteiger partial charge on any atom is 0.334 e. The van der Waals surface area contributed by atoms with E-state index in [1.54, 1.807) is 13.0 Å². The number of esters is 2. The summed E-state index contributed by atoms with van der Waals surface area (Å²) in [4.78, 5) is 24.7. The normalized spacial score (nSPS) is 61.0. The molecule has 8 rings (SSSR count). The fourth-order valence-corrected chi connectivity index (χ4v) is 10.6. The zero-order chi connectivity index (χ0) is 26.8. The van der Waals surface area contributed by atoms with Crippen molar-refractivity contribution in [1.82, 2.24) is 0 Å². The fraction of sp³-hybridized carbons (Fsp3) is 0.857. The molecular formula is C28H36O10. The molecule has 10 heteroatoms.